The summed E-state index contributed by atoms with van der Waals surface area (Å²) < 4.78 is 5.20. The van der Waals surface area contributed by atoms with Gasteiger partial charge >= 0.3 is 6.03 Å². The molecule has 3 rings (SSSR count). The van der Waals surface area contributed by atoms with Crippen molar-refractivity contribution >= 4 is 11.7 Å². The van der Waals surface area contributed by atoms with E-state index in [1.165, 1.54) is 38.5 Å². The van der Waals surface area contributed by atoms with Crippen molar-refractivity contribution in [1.82, 2.24) is 9.80 Å². The van der Waals surface area contributed by atoms with Crippen molar-refractivity contribution < 1.29 is 9.53 Å². The Bertz CT molecular complexity index is 533. The van der Waals surface area contributed by atoms with Gasteiger partial charge in [-0.2, -0.15) is 0 Å². The summed E-state index contributed by atoms with van der Waals surface area (Å²) in [4.78, 5) is 17.0. The molecule has 132 valence electrons. The van der Waals surface area contributed by atoms with E-state index in [1.54, 1.807) is 7.11 Å². The zero-order valence-corrected chi connectivity index (χ0v) is 14.7. The minimum atomic E-state index is -0.0104. The number of hydrogen-bond acceptors (Lipinski definition) is 3. The predicted molar refractivity (Wildman–Crippen MR) is 96.6 cm³/mol. The van der Waals surface area contributed by atoms with Crippen LogP contribution in [0.2, 0.25) is 0 Å². The number of benzene rings is 1. The van der Waals surface area contributed by atoms with E-state index >= 15 is 0 Å². The maximum Gasteiger partial charge on any atom is 0.321 e. The molecule has 0 bridgehead atoms. The molecule has 0 atom stereocenters. The highest BCUT2D eigenvalue weighted by molar-refractivity contribution is 5.89. The lowest BCUT2D eigenvalue weighted by atomic mass is 10.1. The van der Waals surface area contributed by atoms with Crippen molar-refractivity contribution in [3.63, 3.8) is 0 Å². The summed E-state index contributed by atoms with van der Waals surface area (Å²) in [6.45, 7) is 3.62. The Labute approximate surface area is 145 Å². The van der Waals surface area contributed by atoms with Crippen molar-refractivity contribution in [2.45, 2.75) is 44.6 Å². The molecule has 1 aliphatic carbocycles. The number of methoxy groups -OCH3 is 1. The first kappa shape index (κ1) is 17.1. The fourth-order valence-electron chi connectivity index (χ4n) is 3.82. The fraction of sp³-hybridized carbons (Fsp3) is 0.632. The normalized spacial score (nSPS) is 20.5. The Morgan fingerprint density at radius 2 is 1.79 bits per heavy atom. The Balaban J connectivity index is 1.49. The van der Waals surface area contributed by atoms with Crippen LogP contribution in [-0.2, 0) is 0 Å². The number of nitrogens with zero attached hydrogens (tertiary/aromatic N) is 2. The molecule has 5 nitrogen and oxygen atoms in total. The molecule has 1 N–H and O–H groups in total. The van der Waals surface area contributed by atoms with E-state index in [9.17, 15) is 4.79 Å². The largest absolute Gasteiger partial charge is 0.497 e. The van der Waals surface area contributed by atoms with Gasteiger partial charge in [-0.25, -0.2) is 4.79 Å². The molecule has 5 heteroatoms. The molecule has 2 aliphatic rings. The van der Waals surface area contributed by atoms with Crippen molar-refractivity contribution in [3.8, 4) is 5.75 Å². The molecule has 1 saturated carbocycles. The molecule has 1 heterocycles. The van der Waals surface area contributed by atoms with Gasteiger partial charge in [0, 0.05) is 44.0 Å². The van der Waals surface area contributed by atoms with Gasteiger partial charge in [-0.05, 0) is 25.0 Å². The van der Waals surface area contributed by atoms with Crippen molar-refractivity contribution in [2.24, 2.45) is 0 Å². The maximum atomic E-state index is 12.5. The van der Waals surface area contributed by atoms with Gasteiger partial charge in [-0.3, -0.25) is 4.90 Å². The van der Waals surface area contributed by atoms with Crippen LogP contribution < -0.4 is 10.1 Å². The molecule has 2 fully saturated rings. The third-order valence-electron chi connectivity index (χ3n) is 5.26. The molecule has 1 saturated heterocycles. The van der Waals surface area contributed by atoms with Crippen LogP contribution in [-0.4, -0.2) is 55.2 Å². The number of piperazine rings is 1. The van der Waals surface area contributed by atoms with E-state index in [0.29, 0.717) is 0 Å². The molecule has 0 radical (unpaired) electrons. The highest BCUT2D eigenvalue weighted by Gasteiger charge is 2.26. The third-order valence-corrected chi connectivity index (χ3v) is 5.26. The summed E-state index contributed by atoms with van der Waals surface area (Å²) >= 11 is 0. The average Bonchev–Trinajstić information content (AvgIpc) is 2.91. The van der Waals surface area contributed by atoms with Crippen LogP contribution in [0.25, 0.3) is 0 Å². The highest BCUT2D eigenvalue weighted by Crippen LogP contribution is 2.23. The lowest BCUT2D eigenvalue weighted by molar-refractivity contribution is 0.105. The van der Waals surface area contributed by atoms with Crippen LogP contribution in [0.15, 0.2) is 24.3 Å². The number of ether oxygens (including phenoxy) is 1. The minimum absolute atomic E-state index is 0.0104. The zero-order chi connectivity index (χ0) is 16.8. The summed E-state index contributed by atoms with van der Waals surface area (Å²) in [5, 5.41) is 2.98. The smallest absolute Gasteiger partial charge is 0.321 e. The van der Waals surface area contributed by atoms with Crippen molar-refractivity contribution in [2.75, 3.05) is 38.6 Å². The van der Waals surface area contributed by atoms with Crippen LogP contribution in [0, 0.1) is 0 Å². The Morgan fingerprint density at radius 3 is 2.46 bits per heavy atom. The first-order chi connectivity index (χ1) is 11.8. The van der Waals surface area contributed by atoms with Crippen LogP contribution in [0.5, 0.6) is 5.75 Å². The van der Waals surface area contributed by atoms with Gasteiger partial charge in [0.25, 0.3) is 0 Å². The molecule has 0 unspecified atom stereocenters. The number of carbonyl (C=O) groups is 1. The number of rotatable bonds is 3. The second-order valence-electron chi connectivity index (χ2n) is 6.83. The zero-order valence-electron chi connectivity index (χ0n) is 14.7. The van der Waals surface area contributed by atoms with Gasteiger partial charge in [0.2, 0.25) is 0 Å². The molecule has 24 heavy (non-hydrogen) atoms. The Kier molecular flexibility index (Phi) is 5.96. The summed E-state index contributed by atoms with van der Waals surface area (Å²) in [7, 11) is 1.63. The van der Waals surface area contributed by atoms with Crippen molar-refractivity contribution in [1.29, 1.82) is 0 Å². The first-order valence-electron chi connectivity index (χ1n) is 9.20. The Morgan fingerprint density at radius 1 is 1.08 bits per heavy atom. The van der Waals surface area contributed by atoms with E-state index < -0.39 is 0 Å². The standard InChI is InChI=1S/C19H29N3O2/c1-24-18-10-6-7-16(15-18)20-19(23)22-13-11-21(12-14-22)17-8-4-2-3-5-9-17/h6-7,10,15,17H,2-5,8-9,11-14H2,1H3,(H,20,23). The first-order valence-corrected chi connectivity index (χ1v) is 9.20. The van der Waals surface area contributed by atoms with Crippen LogP contribution in [0.1, 0.15) is 38.5 Å². The highest BCUT2D eigenvalue weighted by atomic mass is 16.5. The maximum absolute atomic E-state index is 12.5. The number of amides is 2. The summed E-state index contributed by atoms with van der Waals surface area (Å²) in [5.41, 5.74) is 0.783. The van der Waals surface area contributed by atoms with E-state index in [0.717, 1.165) is 43.7 Å². The summed E-state index contributed by atoms with van der Waals surface area (Å²) in [6.07, 6.45) is 8.16. The van der Waals surface area contributed by atoms with Gasteiger partial charge in [0.05, 0.1) is 7.11 Å². The number of nitrogens with one attached hydrogen (secondary N) is 1. The van der Waals surface area contributed by atoms with Gasteiger partial charge in [0.15, 0.2) is 0 Å². The summed E-state index contributed by atoms with van der Waals surface area (Å²) in [5.74, 6) is 0.756. The number of hydrogen-bond donors (Lipinski definition) is 1. The lowest BCUT2D eigenvalue weighted by Gasteiger charge is -2.39. The van der Waals surface area contributed by atoms with Gasteiger partial charge < -0.3 is 15.0 Å². The molecular weight excluding hydrogens is 302 g/mol. The second-order valence-corrected chi connectivity index (χ2v) is 6.83. The van der Waals surface area contributed by atoms with Gasteiger partial charge in [0.1, 0.15) is 5.75 Å². The molecule has 1 aromatic rings. The van der Waals surface area contributed by atoms with Crippen LogP contribution in [0.4, 0.5) is 10.5 Å². The third kappa shape index (κ3) is 4.41. The molecule has 1 aromatic carbocycles. The van der Waals surface area contributed by atoms with Gasteiger partial charge in [-0.1, -0.05) is 31.7 Å². The molecule has 1 aliphatic heterocycles. The van der Waals surface area contributed by atoms with E-state index in [2.05, 4.69) is 10.2 Å². The Hall–Kier alpha value is -1.75. The van der Waals surface area contributed by atoms with E-state index in [-0.39, 0.29) is 6.03 Å². The van der Waals surface area contributed by atoms with Crippen molar-refractivity contribution in [3.05, 3.63) is 24.3 Å². The average molecular weight is 331 g/mol. The summed E-state index contributed by atoms with van der Waals surface area (Å²) in [6, 6.07) is 8.22. The van der Waals surface area contributed by atoms with Crippen LogP contribution >= 0.6 is 0 Å². The topological polar surface area (TPSA) is 44.8 Å². The molecule has 0 aromatic heterocycles. The SMILES string of the molecule is COc1cccc(NC(=O)N2CCN(C3CCCCCC3)CC2)c1. The molecule has 0 spiro atoms. The monoisotopic (exact) mass is 331 g/mol. The number of anilines is 1. The molecular formula is C19H29N3O2. The second kappa shape index (κ2) is 8.38. The minimum Gasteiger partial charge on any atom is -0.497 e. The lowest BCUT2D eigenvalue weighted by Crippen LogP contribution is -2.52. The van der Waals surface area contributed by atoms with E-state index in [1.807, 2.05) is 29.2 Å². The van der Waals surface area contributed by atoms with Crippen LogP contribution in [0.3, 0.4) is 0 Å². The molecule has 2 amide bonds. The van der Waals surface area contributed by atoms with E-state index in [4.69, 9.17) is 4.74 Å². The predicted octanol–water partition coefficient (Wildman–Crippen LogP) is 3.57. The number of urea groups is 1. The van der Waals surface area contributed by atoms with Gasteiger partial charge in [-0.15, -0.1) is 0 Å². The quantitative estimate of drug-likeness (QED) is 0.861. The number of carbonyl (C=O) groups excluding carboxylic acids is 1. The fourth-order valence-corrected chi connectivity index (χ4v) is 3.82.